The number of halogens is 2. The molecule has 0 N–H and O–H groups in total. The van der Waals surface area contributed by atoms with Crippen molar-refractivity contribution in [2.45, 2.75) is 0 Å². The van der Waals surface area contributed by atoms with Crippen LogP contribution in [0.4, 0.5) is 14.5 Å². The summed E-state index contributed by atoms with van der Waals surface area (Å²) in [5, 5.41) is 14.6. The van der Waals surface area contributed by atoms with Crippen LogP contribution in [-0.2, 0) is 0 Å². The minimum absolute atomic E-state index is 0.236. The first-order valence-corrected chi connectivity index (χ1v) is 20.2. The van der Waals surface area contributed by atoms with E-state index in [-0.39, 0.29) is 22.9 Å². The predicted octanol–water partition coefficient (Wildman–Crippen LogP) is 14.6. The number of hydrogen-bond acceptors (Lipinski definition) is 5. The largest absolute Gasteiger partial charge is 0.306 e. The van der Waals surface area contributed by atoms with Gasteiger partial charge in [0, 0.05) is 40.3 Å². The Morgan fingerprint density at radius 1 is 0.500 bits per heavy atom. The standard InChI is InChI=1S/C44H20F2N4S4/c1-48-40-27(22-47)41-43(53-38-20-34(28(45)18-36(38)51-41)49-30-14-6-2-10-23(30)24-11-3-7-15-31(24)49)44-42(40)52-37-19-29(46)35(21-39(37)54-44)50-32-16-8-4-12-25(32)26-13-5-9-17-33(26)50/h2-21H. The molecule has 0 saturated heterocycles. The summed E-state index contributed by atoms with van der Waals surface area (Å²) in [5.41, 5.74) is 5.01. The van der Waals surface area contributed by atoms with Gasteiger partial charge in [-0.25, -0.2) is 13.6 Å². The van der Waals surface area contributed by atoms with Gasteiger partial charge in [-0.1, -0.05) is 72.8 Å². The molecule has 54 heavy (non-hydrogen) atoms. The van der Waals surface area contributed by atoms with E-state index >= 15 is 8.78 Å². The van der Waals surface area contributed by atoms with E-state index in [2.05, 4.69) is 35.2 Å². The van der Waals surface area contributed by atoms with E-state index in [0.29, 0.717) is 30.2 Å². The predicted molar refractivity (Wildman–Crippen MR) is 225 cm³/mol. The second kappa shape index (κ2) is 11.7. The molecule has 0 aliphatic heterocycles. The molecule has 10 heteroatoms. The number of nitriles is 1. The van der Waals surface area contributed by atoms with E-state index in [1.54, 1.807) is 12.1 Å². The number of benzene rings is 7. The summed E-state index contributed by atoms with van der Waals surface area (Å²) in [6.07, 6.45) is 0. The van der Waals surface area contributed by atoms with Gasteiger partial charge in [-0.3, -0.25) is 0 Å². The maximum absolute atomic E-state index is 16.3. The van der Waals surface area contributed by atoms with Crippen molar-refractivity contribution in [3.8, 4) is 17.4 Å². The number of rotatable bonds is 2. The van der Waals surface area contributed by atoms with Crippen LogP contribution in [-0.4, -0.2) is 9.13 Å². The van der Waals surface area contributed by atoms with Crippen LogP contribution in [0.5, 0.6) is 0 Å². The van der Waals surface area contributed by atoms with Gasteiger partial charge in [-0.05, 0) is 48.5 Å². The van der Waals surface area contributed by atoms with E-state index in [9.17, 15) is 5.26 Å². The molecule has 7 aromatic carbocycles. The molecule has 0 radical (unpaired) electrons. The highest BCUT2D eigenvalue weighted by Gasteiger charge is 2.23. The second-order valence-electron chi connectivity index (χ2n) is 12.9. The molecule has 0 saturated carbocycles. The van der Waals surface area contributed by atoms with E-state index < -0.39 is 0 Å². The molecule has 0 fully saturated rings. The van der Waals surface area contributed by atoms with Crippen molar-refractivity contribution in [3.05, 3.63) is 150 Å². The molecule has 11 aromatic rings. The van der Waals surface area contributed by atoms with Crippen LogP contribution in [0.15, 0.2) is 121 Å². The molecule has 0 aliphatic rings. The van der Waals surface area contributed by atoms with Crippen LogP contribution in [0.25, 0.3) is 97.4 Å². The Hall–Kier alpha value is -6.14. The minimum atomic E-state index is -0.378. The highest BCUT2D eigenvalue weighted by Crippen LogP contribution is 2.50. The van der Waals surface area contributed by atoms with E-state index in [1.165, 1.54) is 45.3 Å². The molecule has 0 amide bonds. The molecule has 0 bridgehead atoms. The Morgan fingerprint density at radius 2 is 0.852 bits per heavy atom. The van der Waals surface area contributed by atoms with Crippen molar-refractivity contribution in [2.24, 2.45) is 0 Å². The highest BCUT2D eigenvalue weighted by atomic mass is 32.1. The smallest absolute Gasteiger partial charge is 0.224 e. The molecule has 0 atom stereocenters. The lowest BCUT2D eigenvalue weighted by atomic mass is 10.2. The minimum Gasteiger partial charge on any atom is -0.306 e. The summed E-state index contributed by atoms with van der Waals surface area (Å²) >= 11 is 5.64. The molecular formula is C44H20F2N4S4. The molecule has 4 heterocycles. The zero-order chi connectivity index (χ0) is 36.2. The van der Waals surface area contributed by atoms with Crippen LogP contribution in [0.3, 0.4) is 0 Å². The van der Waals surface area contributed by atoms with E-state index in [1.807, 2.05) is 94.1 Å². The zero-order valence-corrected chi connectivity index (χ0v) is 31.0. The molecule has 11 rings (SSSR count). The second-order valence-corrected chi connectivity index (χ2v) is 17.1. The van der Waals surface area contributed by atoms with Gasteiger partial charge in [0.05, 0.1) is 70.4 Å². The Bertz CT molecular complexity index is 3240. The fourth-order valence-electron chi connectivity index (χ4n) is 7.75. The molecule has 254 valence electrons. The summed E-state index contributed by atoms with van der Waals surface area (Å²) in [6, 6.07) is 41.3. The summed E-state index contributed by atoms with van der Waals surface area (Å²) in [5.74, 6) is -0.754. The van der Waals surface area contributed by atoms with Gasteiger partial charge in [0.1, 0.15) is 11.6 Å². The SMILES string of the molecule is [C-]#[N+]c1c(C#N)c2sc3cc(F)c(-n4c5ccccc5c5ccccc54)cc3sc2c2sc3cc(-n4c5ccccc5c5ccccc54)c(F)cc3sc12. The number of aromatic nitrogens is 2. The fraction of sp³-hybridized carbons (Fsp3) is 0. The molecule has 0 spiro atoms. The van der Waals surface area contributed by atoms with Gasteiger partial charge in [0.2, 0.25) is 5.69 Å². The monoisotopic (exact) mass is 770 g/mol. The van der Waals surface area contributed by atoms with Crippen molar-refractivity contribution in [1.29, 1.82) is 5.26 Å². The molecular weight excluding hydrogens is 751 g/mol. The van der Waals surface area contributed by atoms with Crippen molar-refractivity contribution in [1.82, 2.24) is 9.13 Å². The summed E-state index contributed by atoms with van der Waals surface area (Å²) in [6.45, 7) is 8.17. The molecule has 4 aromatic heterocycles. The summed E-state index contributed by atoms with van der Waals surface area (Å²) in [7, 11) is 0. The van der Waals surface area contributed by atoms with Gasteiger partial charge in [-0.15, -0.1) is 45.3 Å². The topological polar surface area (TPSA) is 38.0 Å². The lowest BCUT2D eigenvalue weighted by molar-refractivity contribution is 0.623. The Morgan fingerprint density at radius 3 is 1.26 bits per heavy atom. The Kier molecular flexibility index (Phi) is 6.79. The maximum Gasteiger partial charge on any atom is 0.224 e. The number of fused-ring (bicyclic) bond motifs is 11. The van der Waals surface area contributed by atoms with Gasteiger partial charge in [0.15, 0.2) is 0 Å². The molecule has 0 aliphatic carbocycles. The van der Waals surface area contributed by atoms with Crippen molar-refractivity contribution >= 4 is 132 Å². The number of para-hydroxylation sites is 4. The van der Waals surface area contributed by atoms with E-state index in [0.717, 1.165) is 62.4 Å². The van der Waals surface area contributed by atoms with Crippen LogP contribution in [0.1, 0.15) is 5.56 Å². The van der Waals surface area contributed by atoms with Crippen LogP contribution in [0.2, 0.25) is 0 Å². The van der Waals surface area contributed by atoms with Gasteiger partial charge in [-0.2, -0.15) is 5.26 Å². The lowest BCUT2D eigenvalue weighted by Crippen LogP contribution is -1.97. The third-order valence-electron chi connectivity index (χ3n) is 10.0. The first kappa shape index (κ1) is 31.4. The summed E-state index contributed by atoms with van der Waals surface area (Å²) < 4.78 is 42.7. The summed E-state index contributed by atoms with van der Waals surface area (Å²) in [4.78, 5) is 3.86. The fourth-order valence-corrected chi connectivity index (χ4v) is 13.0. The number of nitrogens with zero attached hydrogens (tertiary/aromatic N) is 4. The van der Waals surface area contributed by atoms with Crippen molar-refractivity contribution in [2.75, 3.05) is 0 Å². The average Bonchev–Trinajstić information content (AvgIpc) is 3.71. The third kappa shape index (κ3) is 4.34. The highest BCUT2D eigenvalue weighted by molar-refractivity contribution is 7.42. The lowest BCUT2D eigenvalue weighted by Gasteiger charge is -2.14. The van der Waals surface area contributed by atoms with Crippen LogP contribution < -0.4 is 0 Å². The zero-order valence-electron chi connectivity index (χ0n) is 27.7. The normalized spacial score (nSPS) is 11.9. The average molecular weight is 771 g/mol. The maximum atomic E-state index is 16.3. The first-order valence-electron chi connectivity index (χ1n) is 16.9. The van der Waals surface area contributed by atoms with Gasteiger partial charge < -0.3 is 9.13 Å². The number of hydrogen-bond donors (Lipinski definition) is 0. The van der Waals surface area contributed by atoms with Crippen molar-refractivity contribution in [3.63, 3.8) is 0 Å². The van der Waals surface area contributed by atoms with Gasteiger partial charge >= 0.3 is 0 Å². The first-order chi connectivity index (χ1) is 26.5. The van der Waals surface area contributed by atoms with Crippen LogP contribution in [0, 0.1) is 29.5 Å². The van der Waals surface area contributed by atoms with Crippen molar-refractivity contribution < 1.29 is 8.78 Å². The van der Waals surface area contributed by atoms with Gasteiger partial charge in [0.25, 0.3) is 0 Å². The Balaban J connectivity index is 1.21. The molecule has 0 unspecified atom stereocenters. The quantitative estimate of drug-likeness (QED) is 0.0980. The van der Waals surface area contributed by atoms with E-state index in [4.69, 9.17) is 6.57 Å². The third-order valence-corrected chi connectivity index (χ3v) is 15.4. The van der Waals surface area contributed by atoms with Crippen LogP contribution >= 0.6 is 45.3 Å². The Labute approximate surface area is 320 Å². The molecule has 4 nitrogen and oxygen atoms in total.